The van der Waals surface area contributed by atoms with Gasteiger partial charge in [0, 0.05) is 30.7 Å². The van der Waals surface area contributed by atoms with Gasteiger partial charge in [-0.3, -0.25) is 0 Å². The Hall–Kier alpha value is -3.31. The number of carbonyl (C=O) groups excluding carboxylic acids is 1. The lowest BCUT2D eigenvalue weighted by Gasteiger charge is -2.42. The van der Waals surface area contributed by atoms with Gasteiger partial charge in [-0.25, -0.2) is 4.79 Å². The molecule has 0 atom stereocenters. The van der Waals surface area contributed by atoms with E-state index in [0.717, 1.165) is 41.8 Å². The van der Waals surface area contributed by atoms with Crippen LogP contribution in [0.3, 0.4) is 0 Å². The second-order valence-corrected chi connectivity index (χ2v) is 12.9. The monoisotopic (exact) mass is 555 g/mol. The molecule has 1 fully saturated rings. The molecule has 0 aromatic heterocycles. The first-order chi connectivity index (χ1) is 19.6. The molecule has 0 aliphatic heterocycles. The number of nitrogens with zero attached hydrogens (tertiary/aromatic N) is 2. The number of aromatic hydroxyl groups is 1. The van der Waals surface area contributed by atoms with Crippen molar-refractivity contribution in [2.75, 3.05) is 26.0 Å². The van der Waals surface area contributed by atoms with E-state index in [2.05, 4.69) is 94.5 Å². The molecule has 1 aliphatic rings. The Kier molecular flexibility index (Phi) is 10.1. The summed E-state index contributed by atoms with van der Waals surface area (Å²) in [5.41, 5.74) is 6.82. The number of anilines is 1. The van der Waals surface area contributed by atoms with Gasteiger partial charge in [0.2, 0.25) is 0 Å². The first-order valence-electron chi connectivity index (χ1n) is 15.3. The molecule has 2 amide bonds. The van der Waals surface area contributed by atoms with E-state index in [9.17, 15) is 9.90 Å². The molecule has 3 aromatic carbocycles. The number of amides is 2. The maximum absolute atomic E-state index is 14.4. The minimum Gasteiger partial charge on any atom is -0.508 e. The zero-order valence-electron chi connectivity index (χ0n) is 25.9. The fourth-order valence-electron chi connectivity index (χ4n) is 6.40. The van der Waals surface area contributed by atoms with Gasteiger partial charge in [-0.15, -0.1) is 0 Å². The first-order valence-corrected chi connectivity index (χ1v) is 15.3. The predicted molar refractivity (Wildman–Crippen MR) is 171 cm³/mol. The molecule has 0 radical (unpaired) electrons. The average Bonchev–Trinajstić information content (AvgIpc) is 2.94. The Morgan fingerprint density at radius 1 is 0.829 bits per heavy atom. The zero-order valence-corrected chi connectivity index (χ0v) is 25.9. The highest BCUT2D eigenvalue weighted by Crippen LogP contribution is 2.41. The fraction of sp³-hybridized carbons (Fsp3) is 0.472. The van der Waals surface area contributed by atoms with Crippen LogP contribution in [0.5, 0.6) is 5.75 Å². The van der Waals surface area contributed by atoms with Crippen molar-refractivity contribution in [2.45, 2.75) is 90.1 Å². The number of hydrogen-bond acceptors (Lipinski definition) is 3. The van der Waals surface area contributed by atoms with Gasteiger partial charge in [0.1, 0.15) is 5.75 Å². The summed E-state index contributed by atoms with van der Waals surface area (Å²) in [6.07, 6.45) is 5.71. The molecule has 0 saturated heterocycles. The SMILES string of the molecule is CC(C)c1cccc(C(C)C)c1NC(=O)N(Cc1ccc(O)cc1)CC1(c2cccc(CN(C)C)c2)CCCCC1. The molecule has 1 aliphatic carbocycles. The van der Waals surface area contributed by atoms with Crippen molar-refractivity contribution in [1.29, 1.82) is 0 Å². The molecule has 0 heterocycles. The third-order valence-corrected chi connectivity index (χ3v) is 8.54. The van der Waals surface area contributed by atoms with Gasteiger partial charge in [-0.05, 0) is 78.7 Å². The molecule has 1 saturated carbocycles. The molecule has 2 N–H and O–H groups in total. The van der Waals surface area contributed by atoms with Crippen LogP contribution in [0.1, 0.15) is 99.5 Å². The van der Waals surface area contributed by atoms with E-state index >= 15 is 0 Å². The number of benzene rings is 3. The minimum absolute atomic E-state index is 0.0672. The van der Waals surface area contributed by atoms with Crippen LogP contribution in [0.25, 0.3) is 0 Å². The molecular weight excluding hydrogens is 506 g/mol. The van der Waals surface area contributed by atoms with Gasteiger partial charge in [0.05, 0.1) is 0 Å². The lowest BCUT2D eigenvalue weighted by molar-refractivity contribution is 0.169. The van der Waals surface area contributed by atoms with Crippen LogP contribution >= 0.6 is 0 Å². The Bertz CT molecular complexity index is 1260. The Morgan fingerprint density at radius 2 is 1.44 bits per heavy atom. The zero-order chi connectivity index (χ0) is 29.6. The van der Waals surface area contributed by atoms with E-state index in [1.165, 1.54) is 30.4 Å². The van der Waals surface area contributed by atoms with Crippen LogP contribution in [-0.4, -0.2) is 41.6 Å². The average molecular weight is 556 g/mol. The van der Waals surface area contributed by atoms with Crippen LogP contribution in [-0.2, 0) is 18.5 Å². The largest absolute Gasteiger partial charge is 0.508 e. The first kappa shape index (κ1) is 30.6. The van der Waals surface area contributed by atoms with Gasteiger partial charge in [0.15, 0.2) is 0 Å². The highest BCUT2D eigenvalue weighted by atomic mass is 16.3. The topological polar surface area (TPSA) is 55.8 Å². The normalized spacial score (nSPS) is 15.0. The van der Waals surface area contributed by atoms with Crippen molar-refractivity contribution >= 4 is 11.7 Å². The number of urea groups is 1. The second kappa shape index (κ2) is 13.6. The van der Waals surface area contributed by atoms with E-state index in [4.69, 9.17) is 0 Å². The molecule has 5 nitrogen and oxygen atoms in total. The summed E-state index contributed by atoms with van der Waals surface area (Å²) < 4.78 is 0. The molecule has 4 rings (SSSR count). The lowest BCUT2D eigenvalue weighted by atomic mass is 9.68. The second-order valence-electron chi connectivity index (χ2n) is 12.9. The molecular formula is C36H49N3O2. The van der Waals surface area contributed by atoms with Crippen LogP contribution in [0.4, 0.5) is 10.5 Å². The smallest absolute Gasteiger partial charge is 0.322 e. The van der Waals surface area contributed by atoms with Gasteiger partial charge in [0.25, 0.3) is 0 Å². The van der Waals surface area contributed by atoms with E-state index in [1.807, 2.05) is 17.0 Å². The Balaban J connectivity index is 1.74. The molecule has 0 spiro atoms. The summed E-state index contributed by atoms with van der Waals surface area (Å²) in [6.45, 7) is 10.7. The van der Waals surface area contributed by atoms with Gasteiger partial charge < -0.3 is 20.2 Å². The van der Waals surface area contributed by atoms with Crippen molar-refractivity contribution in [1.82, 2.24) is 9.80 Å². The number of carbonyl (C=O) groups is 1. The van der Waals surface area contributed by atoms with E-state index < -0.39 is 0 Å². The van der Waals surface area contributed by atoms with Crippen molar-refractivity contribution in [2.24, 2.45) is 0 Å². The molecule has 5 heteroatoms. The number of para-hydroxylation sites is 1. The van der Waals surface area contributed by atoms with E-state index in [0.29, 0.717) is 24.9 Å². The molecule has 3 aromatic rings. The summed E-state index contributed by atoms with van der Waals surface area (Å²) in [4.78, 5) is 18.6. The maximum atomic E-state index is 14.4. The van der Waals surface area contributed by atoms with Gasteiger partial charge in [-0.2, -0.15) is 0 Å². The molecule has 41 heavy (non-hydrogen) atoms. The lowest BCUT2D eigenvalue weighted by Crippen LogP contribution is -2.46. The van der Waals surface area contributed by atoms with E-state index in [-0.39, 0.29) is 17.2 Å². The summed E-state index contributed by atoms with van der Waals surface area (Å²) in [5.74, 6) is 0.816. The number of phenolic OH excluding ortho intramolecular Hbond substituents is 1. The predicted octanol–water partition coefficient (Wildman–Crippen LogP) is 8.64. The number of hydrogen-bond donors (Lipinski definition) is 2. The van der Waals surface area contributed by atoms with Crippen LogP contribution in [0.15, 0.2) is 66.7 Å². The fourth-order valence-corrected chi connectivity index (χ4v) is 6.40. The summed E-state index contributed by atoms with van der Waals surface area (Å²) in [7, 11) is 4.21. The maximum Gasteiger partial charge on any atom is 0.322 e. The number of nitrogens with one attached hydrogen (secondary N) is 1. The highest BCUT2D eigenvalue weighted by molar-refractivity contribution is 5.91. The van der Waals surface area contributed by atoms with Crippen molar-refractivity contribution in [3.63, 3.8) is 0 Å². The van der Waals surface area contributed by atoms with Crippen LogP contribution in [0, 0.1) is 0 Å². The van der Waals surface area contributed by atoms with Crippen molar-refractivity contribution < 1.29 is 9.90 Å². The Morgan fingerprint density at radius 3 is 2.02 bits per heavy atom. The number of phenols is 1. The molecule has 0 bridgehead atoms. The minimum atomic E-state index is -0.104. The van der Waals surface area contributed by atoms with Gasteiger partial charge in [-0.1, -0.05) is 102 Å². The quantitative estimate of drug-likeness (QED) is 0.263. The van der Waals surface area contributed by atoms with Crippen LogP contribution < -0.4 is 5.32 Å². The van der Waals surface area contributed by atoms with Crippen molar-refractivity contribution in [3.8, 4) is 5.75 Å². The highest BCUT2D eigenvalue weighted by Gasteiger charge is 2.37. The third-order valence-electron chi connectivity index (χ3n) is 8.54. The number of rotatable bonds is 10. The van der Waals surface area contributed by atoms with Gasteiger partial charge >= 0.3 is 6.03 Å². The summed E-state index contributed by atoms with van der Waals surface area (Å²) in [6, 6.07) is 22.6. The third kappa shape index (κ3) is 7.71. The molecule has 220 valence electrons. The summed E-state index contributed by atoms with van der Waals surface area (Å²) in [5, 5.41) is 13.3. The standard InChI is InChI=1S/C36H49N3O2/c1-26(2)32-14-11-15-33(27(3)4)34(32)37-35(41)39(24-28-16-18-31(40)19-17-28)25-36(20-8-7-9-21-36)30-13-10-12-29(22-30)23-38(5)6/h10-19,22,26-27,40H,7-9,20-21,23-25H2,1-6H3,(H,37,41). The molecule has 0 unspecified atom stereocenters. The van der Waals surface area contributed by atoms with Crippen molar-refractivity contribution in [3.05, 3.63) is 94.5 Å². The van der Waals surface area contributed by atoms with Crippen LogP contribution in [0.2, 0.25) is 0 Å². The summed E-state index contributed by atoms with van der Waals surface area (Å²) >= 11 is 0. The van der Waals surface area contributed by atoms with E-state index in [1.54, 1.807) is 12.1 Å². The Labute approximate surface area is 247 Å².